The summed E-state index contributed by atoms with van der Waals surface area (Å²) in [4.78, 5) is 36.7. The van der Waals surface area contributed by atoms with Gasteiger partial charge in [-0.1, -0.05) is 30.3 Å². The van der Waals surface area contributed by atoms with Gasteiger partial charge in [0.1, 0.15) is 0 Å². The molecular weight excluding hydrogens is 326 g/mol. The summed E-state index contributed by atoms with van der Waals surface area (Å²) < 4.78 is 9.65. The van der Waals surface area contributed by atoms with Crippen molar-refractivity contribution in [1.29, 1.82) is 5.26 Å². The van der Waals surface area contributed by atoms with Gasteiger partial charge in [-0.05, 0) is 25.8 Å². The summed E-state index contributed by atoms with van der Waals surface area (Å²) in [5.74, 6) is -2.82. The van der Waals surface area contributed by atoms with Crippen molar-refractivity contribution in [3.63, 3.8) is 0 Å². The molecule has 0 aliphatic rings. The van der Waals surface area contributed by atoms with Crippen molar-refractivity contribution in [2.75, 3.05) is 13.2 Å². The van der Waals surface area contributed by atoms with Crippen LogP contribution in [0.3, 0.4) is 0 Å². The number of amides is 1. The topological polar surface area (TPSA) is 118 Å². The predicted molar refractivity (Wildman–Crippen MR) is 87.7 cm³/mol. The highest BCUT2D eigenvalue weighted by molar-refractivity contribution is 6.07. The smallest absolute Gasteiger partial charge is 0.365 e. The largest absolute Gasteiger partial charge is 0.462 e. The van der Waals surface area contributed by atoms with Crippen molar-refractivity contribution in [3.05, 3.63) is 35.9 Å². The van der Waals surface area contributed by atoms with Crippen LogP contribution in [0.15, 0.2) is 30.3 Å². The van der Waals surface area contributed by atoms with Gasteiger partial charge in [0.05, 0.1) is 13.2 Å². The Hall–Kier alpha value is -3.08. The molecule has 1 amide bonds. The maximum absolute atomic E-state index is 12.2. The molecule has 1 aromatic carbocycles. The number of carbonyl (C=O) groups is 3. The first kappa shape index (κ1) is 20.0. The van der Waals surface area contributed by atoms with Gasteiger partial charge < -0.3 is 14.8 Å². The van der Waals surface area contributed by atoms with Gasteiger partial charge in [0.25, 0.3) is 0 Å². The highest BCUT2D eigenvalue weighted by Gasteiger charge is 2.51. The van der Waals surface area contributed by atoms with Crippen LogP contribution in [0.4, 0.5) is 0 Å². The van der Waals surface area contributed by atoms with Gasteiger partial charge in [-0.25, -0.2) is 9.59 Å². The molecule has 1 rings (SSSR count). The zero-order valence-electron chi connectivity index (χ0n) is 14.2. The van der Waals surface area contributed by atoms with Gasteiger partial charge >= 0.3 is 17.6 Å². The lowest BCUT2D eigenvalue weighted by molar-refractivity contribution is -0.169. The number of nitrogens with zero attached hydrogens (tertiary/aromatic N) is 1. The first-order valence-corrected chi connectivity index (χ1v) is 7.85. The van der Waals surface area contributed by atoms with E-state index in [1.165, 1.54) is 20.0 Å². The van der Waals surface area contributed by atoms with E-state index in [4.69, 9.17) is 14.7 Å². The standard InChI is InChI=1S/C17H21N3O5/c1-3-24-15(22)17(19-12-18,16(23)25-4-2)20-14(21)11-10-13-8-6-5-7-9-13/h5-9,19H,3-4,10-11H2,1-2H3,(H,20,21). The van der Waals surface area contributed by atoms with Gasteiger partial charge in [-0.2, -0.15) is 5.26 Å². The van der Waals surface area contributed by atoms with Crippen LogP contribution >= 0.6 is 0 Å². The summed E-state index contributed by atoms with van der Waals surface area (Å²) >= 11 is 0. The Bertz CT molecular complexity index is 621. The Morgan fingerprint density at radius 1 is 1.08 bits per heavy atom. The molecule has 25 heavy (non-hydrogen) atoms. The van der Waals surface area contributed by atoms with E-state index in [-0.39, 0.29) is 19.6 Å². The average molecular weight is 347 g/mol. The molecule has 0 aliphatic heterocycles. The summed E-state index contributed by atoms with van der Waals surface area (Å²) in [7, 11) is 0. The number of ether oxygens (including phenoxy) is 2. The van der Waals surface area contributed by atoms with E-state index in [0.29, 0.717) is 6.42 Å². The number of rotatable bonds is 9. The second-order valence-electron chi connectivity index (χ2n) is 4.96. The molecule has 0 spiro atoms. The van der Waals surface area contributed by atoms with E-state index in [9.17, 15) is 14.4 Å². The third-order valence-corrected chi connectivity index (χ3v) is 3.22. The van der Waals surface area contributed by atoms with Crippen molar-refractivity contribution < 1.29 is 23.9 Å². The maximum Gasteiger partial charge on any atom is 0.365 e. The Morgan fingerprint density at radius 3 is 2.12 bits per heavy atom. The van der Waals surface area contributed by atoms with Crippen LogP contribution in [0.1, 0.15) is 25.8 Å². The molecule has 0 fully saturated rings. The fraction of sp³-hybridized carbons (Fsp3) is 0.412. The molecule has 0 saturated heterocycles. The first-order chi connectivity index (χ1) is 12.0. The Balaban J connectivity index is 2.93. The third kappa shape index (κ3) is 5.49. The van der Waals surface area contributed by atoms with Crippen LogP contribution in [-0.4, -0.2) is 36.7 Å². The van der Waals surface area contributed by atoms with E-state index >= 15 is 0 Å². The van der Waals surface area contributed by atoms with E-state index in [1.807, 2.05) is 35.6 Å². The number of carbonyl (C=O) groups excluding carboxylic acids is 3. The van der Waals surface area contributed by atoms with Gasteiger partial charge in [0.15, 0.2) is 6.19 Å². The summed E-state index contributed by atoms with van der Waals surface area (Å²) in [6.45, 7) is 3.01. The molecule has 0 aliphatic carbocycles. The lowest BCUT2D eigenvalue weighted by atomic mass is 10.1. The SMILES string of the molecule is CCOC(=O)C(NC#N)(NC(=O)CCc1ccccc1)C(=O)OCC. The van der Waals surface area contributed by atoms with Crippen LogP contribution in [0.5, 0.6) is 0 Å². The molecule has 134 valence electrons. The lowest BCUT2D eigenvalue weighted by Gasteiger charge is -2.28. The molecule has 0 radical (unpaired) electrons. The molecule has 0 atom stereocenters. The fourth-order valence-electron chi connectivity index (χ4n) is 2.06. The monoisotopic (exact) mass is 347 g/mol. The molecule has 8 heteroatoms. The lowest BCUT2D eigenvalue weighted by Crippen LogP contribution is -2.68. The van der Waals surface area contributed by atoms with Crippen LogP contribution in [0.2, 0.25) is 0 Å². The number of benzene rings is 1. The number of aryl methyl sites for hydroxylation is 1. The molecule has 0 saturated carbocycles. The van der Waals surface area contributed by atoms with Crippen molar-refractivity contribution in [2.24, 2.45) is 0 Å². The highest BCUT2D eigenvalue weighted by atomic mass is 16.6. The minimum Gasteiger partial charge on any atom is -0.462 e. The number of nitriles is 1. The molecule has 0 heterocycles. The number of hydrogen-bond donors (Lipinski definition) is 2. The second-order valence-corrected chi connectivity index (χ2v) is 4.96. The molecule has 0 bridgehead atoms. The first-order valence-electron chi connectivity index (χ1n) is 7.85. The summed E-state index contributed by atoms with van der Waals surface area (Å²) in [6.07, 6.45) is 1.92. The van der Waals surface area contributed by atoms with E-state index in [0.717, 1.165) is 5.56 Å². The van der Waals surface area contributed by atoms with Crippen LogP contribution in [0.25, 0.3) is 0 Å². The van der Waals surface area contributed by atoms with Crippen molar-refractivity contribution >= 4 is 17.8 Å². The fourth-order valence-corrected chi connectivity index (χ4v) is 2.06. The van der Waals surface area contributed by atoms with E-state index in [1.54, 1.807) is 0 Å². The Kier molecular flexibility index (Phi) is 7.93. The third-order valence-electron chi connectivity index (χ3n) is 3.22. The average Bonchev–Trinajstić information content (AvgIpc) is 2.60. The van der Waals surface area contributed by atoms with Crippen molar-refractivity contribution in [1.82, 2.24) is 10.6 Å². The van der Waals surface area contributed by atoms with Crippen LogP contribution in [0, 0.1) is 11.5 Å². The molecular formula is C17H21N3O5. The van der Waals surface area contributed by atoms with Crippen molar-refractivity contribution in [3.8, 4) is 6.19 Å². The highest BCUT2D eigenvalue weighted by Crippen LogP contribution is 2.10. The van der Waals surface area contributed by atoms with E-state index < -0.39 is 23.5 Å². The number of hydrogen-bond acceptors (Lipinski definition) is 7. The zero-order chi connectivity index (χ0) is 18.7. The molecule has 0 aromatic heterocycles. The van der Waals surface area contributed by atoms with Gasteiger partial charge in [-0.15, -0.1) is 0 Å². The normalized spacial score (nSPS) is 10.3. The minimum atomic E-state index is -2.39. The van der Waals surface area contributed by atoms with Crippen LogP contribution < -0.4 is 10.6 Å². The summed E-state index contributed by atoms with van der Waals surface area (Å²) in [6, 6.07) is 9.24. The zero-order valence-corrected chi connectivity index (χ0v) is 14.2. The minimum absolute atomic E-state index is 0.0116. The molecule has 1 aromatic rings. The Labute approximate surface area is 146 Å². The van der Waals surface area contributed by atoms with Crippen LogP contribution in [-0.2, 0) is 30.3 Å². The Morgan fingerprint density at radius 2 is 1.64 bits per heavy atom. The van der Waals surface area contributed by atoms with Crippen molar-refractivity contribution in [2.45, 2.75) is 32.4 Å². The maximum atomic E-state index is 12.2. The summed E-state index contributed by atoms with van der Waals surface area (Å²) in [5.41, 5.74) is -1.47. The van der Waals surface area contributed by atoms with Gasteiger partial charge in [0.2, 0.25) is 5.91 Å². The number of esters is 2. The second kappa shape index (κ2) is 9.93. The quantitative estimate of drug-likeness (QED) is 0.221. The van der Waals surface area contributed by atoms with Gasteiger partial charge in [-0.3, -0.25) is 10.1 Å². The van der Waals surface area contributed by atoms with E-state index in [2.05, 4.69) is 5.32 Å². The molecule has 0 unspecified atom stereocenters. The molecule has 8 nitrogen and oxygen atoms in total. The predicted octanol–water partition coefficient (Wildman–Crippen LogP) is 0.629. The summed E-state index contributed by atoms with van der Waals surface area (Å²) in [5, 5.41) is 13.2. The number of nitrogens with one attached hydrogen (secondary N) is 2. The molecule has 2 N–H and O–H groups in total. The van der Waals surface area contributed by atoms with Gasteiger partial charge in [0, 0.05) is 6.42 Å².